The lowest BCUT2D eigenvalue weighted by Crippen LogP contribution is -2.55. The molecule has 1 heterocycles. The van der Waals surface area contributed by atoms with Crippen LogP contribution in [0.25, 0.3) is 22.8 Å². The second kappa shape index (κ2) is 10.1. The van der Waals surface area contributed by atoms with Gasteiger partial charge in [-0.15, -0.1) is 0 Å². The Morgan fingerprint density at radius 2 is 1.08 bits per heavy atom. The predicted molar refractivity (Wildman–Crippen MR) is 163 cm³/mol. The van der Waals surface area contributed by atoms with Crippen LogP contribution in [0.5, 0.6) is 0 Å². The fraction of sp³-hybridized carbons (Fsp3) is 0.229. The number of benzene rings is 4. The molecule has 2 nitrogen and oxygen atoms in total. The molecule has 0 amide bonds. The molecule has 3 heteroatoms. The normalized spacial score (nSPS) is 11.2. The lowest BCUT2D eigenvalue weighted by Gasteiger charge is -2.24. The van der Waals surface area contributed by atoms with Gasteiger partial charge in [0.15, 0.2) is 5.76 Å². The summed E-state index contributed by atoms with van der Waals surface area (Å²) in [6, 6.07) is 24.3. The first-order valence-electron chi connectivity index (χ1n) is 13.4. The molecule has 0 N–H and O–H groups in total. The zero-order chi connectivity index (χ0) is 27.1. The summed E-state index contributed by atoms with van der Waals surface area (Å²) in [5.41, 5.74) is 16.4. The Hall–Kier alpha value is -3.85. The number of rotatable bonds is 5. The summed E-state index contributed by atoms with van der Waals surface area (Å²) in [5.74, 6) is 1.46. The number of nitrogens with zero attached hydrogens (tertiary/aromatic N) is 1. The summed E-state index contributed by atoms with van der Waals surface area (Å²) in [6.07, 6.45) is 1.86. The standard InChI is InChI=1S/C35H36BNO/c1-21-15-25(5)33(26(6)16-21)36(34-27(7)17-22(2)18-28(34)8)30-14-10-13-29(19-30)35-37-20-31(38-35)32-23(3)11-9-12-24(32)4/h9-20H,1-8H3. The second-order valence-electron chi connectivity index (χ2n) is 11.0. The van der Waals surface area contributed by atoms with Gasteiger partial charge in [-0.2, -0.15) is 0 Å². The van der Waals surface area contributed by atoms with Crippen LogP contribution in [-0.2, 0) is 0 Å². The minimum absolute atomic E-state index is 0.115. The quantitative estimate of drug-likeness (QED) is 0.245. The monoisotopic (exact) mass is 497 g/mol. The van der Waals surface area contributed by atoms with Crippen LogP contribution in [0, 0.1) is 55.4 Å². The highest BCUT2D eigenvalue weighted by Crippen LogP contribution is 2.30. The summed E-state index contributed by atoms with van der Waals surface area (Å²) in [4.78, 5) is 4.72. The van der Waals surface area contributed by atoms with Gasteiger partial charge in [-0.1, -0.05) is 110 Å². The first-order valence-corrected chi connectivity index (χ1v) is 13.4. The molecular formula is C35H36BNO. The fourth-order valence-corrected chi connectivity index (χ4v) is 6.35. The van der Waals surface area contributed by atoms with Crippen LogP contribution in [0.3, 0.4) is 0 Å². The van der Waals surface area contributed by atoms with E-state index in [2.05, 4.69) is 122 Å². The van der Waals surface area contributed by atoms with Crippen LogP contribution in [0.1, 0.15) is 44.5 Å². The van der Waals surface area contributed by atoms with E-state index >= 15 is 0 Å². The van der Waals surface area contributed by atoms with Crippen LogP contribution in [0.4, 0.5) is 0 Å². The summed E-state index contributed by atoms with van der Waals surface area (Å²) >= 11 is 0. The smallest absolute Gasteiger partial charge is 0.242 e. The molecule has 5 aromatic rings. The Morgan fingerprint density at radius 1 is 0.579 bits per heavy atom. The van der Waals surface area contributed by atoms with Crippen LogP contribution in [0.2, 0.25) is 0 Å². The largest absolute Gasteiger partial charge is 0.436 e. The molecule has 4 aromatic carbocycles. The first kappa shape index (κ1) is 25.8. The van der Waals surface area contributed by atoms with E-state index in [4.69, 9.17) is 9.40 Å². The van der Waals surface area contributed by atoms with Gasteiger partial charge in [-0.05, 0) is 72.6 Å². The zero-order valence-electron chi connectivity index (χ0n) is 23.9. The average molecular weight is 497 g/mol. The Balaban J connectivity index is 1.68. The van der Waals surface area contributed by atoms with Crippen molar-refractivity contribution in [3.63, 3.8) is 0 Å². The van der Waals surface area contributed by atoms with E-state index in [9.17, 15) is 0 Å². The average Bonchev–Trinajstić information content (AvgIpc) is 3.32. The Labute approximate surface area is 227 Å². The SMILES string of the molecule is Cc1cc(C)c(B(c2cccc(-c3ncc(-c4c(C)cccc4C)o3)c2)c2c(C)cc(C)cc2C)c(C)c1. The molecule has 0 saturated heterocycles. The van der Waals surface area contributed by atoms with Crippen molar-refractivity contribution in [2.75, 3.05) is 0 Å². The molecule has 0 aliphatic carbocycles. The van der Waals surface area contributed by atoms with Crippen molar-refractivity contribution >= 4 is 23.1 Å². The van der Waals surface area contributed by atoms with Crippen molar-refractivity contribution < 1.29 is 4.42 Å². The third-order valence-electron chi connectivity index (χ3n) is 7.75. The van der Waals surface area contributed by atoms with Crippen molar-refractivity contribution in [1.82, 2.24) is 4.98 Å². The molecule has 0 aliphatic heterocycles. The van der Waals surface area contributed by atoms with Crippen LogP contribution in [-0.4, -0.2) is 11.7 Å². The number of aryl methyl sites for hydroxylation is 8. The molecule has 0 unspecified atom stereocenters. The summed E-state index contributed by atoms with van der Waals surface area (Å²) in [7, 11) is 0. The van der Waals surface area contributed by atoms with Crippen LogP contribution >= 0.6 is 0 Å². The van der Waals surface area contributed by atoms with Gasteiger partial charge in [0.05, 0.1) is 6.20 Å². The molecule has 38 heavy (non-hydrogen) atoms. The highest BCUT2D eigenvalue weighted by atomic mass is 16.4. The predicted octanol–water partition coefficient (Wildman–Crippen LogP) is 6.99. The Kier molecular flexibility index (Phi) is 6.88. The molecular weight excluding hydrogens is 461 g/mol. The maximum Gasteiger partial charge on any atom is 0.242 e. The molecule has 190 valence electrons. The number of hydrogen-bond donors (Lipinski definition) is 0. The molecule has 0 aliphatic rings. The van der Waals surface area contributed by atoms with Crippen LogP contribution in [0.15, 0.2) is 77.3 Å². The Bertz CT molecular complexity index is 1540. The van der Waals surface area contributed by atoms with Crippen molar-refractivity contribution in [2.45, 2.75) is 55.4 Å². The van der Waals surface area contributed by atoms with Crippen molar-refractivity contribution in [3.8, 4) is 22.8 Å². The van der Waals surface area contributed by atoms with Crippen molar-refractivity contribution in [1.29, 1.82) is 0 Å². The second-order valence-corrected chi connectivity index (χ2v) is 11.0. The third kappa shape index (κ3) is 4.74. The molecule has 0 radical (unpaired) electrons. The van der Waals surface area contributed by atoms with Crippen LogP contribution < -0.4 is 16.4 Å². The highest BCUT2D eigenvalue weighted by Gasteiger charge is 2.29. The summed E-state index contributed by atoms with van der Waals surface area (Å²) < 4.78 is 6.38. The topological polar surface area (TPSA) is 26.0 Å². The highest BCUT2D eigenvalue weighted by molar-refractivity contribution is 6.96. The van der Waals surface area contributed by atoms with E-state index in [0.29, 0.717) is 5.89 Å². The van der Waals surface area contributed by atoms with E-state index in [1.807, 2.05) is 6.20 Å². The summed E-state index contributed by atoms with van der Waals surface area (Å²) in [6.45, 7) is 17.7. The van der Waals surface area contributed by atoms with E-state index < -0.39 is 0 Å². The van der Waals surface area contributed by atoms with Crippen molar-refractivity contribution in [3.05, 3.63) is 117 Å². The molecule has 0 atom stereocenters. The maximum absolute atomic E-state index is 6.38. The summed E-state index contributed by atoms with van der Waals surface area (Å²) in [5, 5.41) is 0. The third-order valence-corrected chi connectivity index (χ3v) is 7.75. The fourth-order valence-electron chi connectivity index (χ4n) is 6.35. The molecule has 5 rings (SSSR count). The van der Waals surface area contributed by atoms with E-state index in [1.165, 1.54) is 60.9 Å². The van der Waals surface area contributed by atoms with E-state index in [-0.39, 0.29) is 6.71 Å². The van der Waals surface area contributed by atoms with Gasteiger partial charge in [-0.25, -0.2) is 4.98 Å². The molecule has 0 spiro atoms. The molecule has 0 bridgehead atoms. The lowest BCUT2D eigenvalue weighted by atomic mass is 9.34. The van der Waals surface area contributed by atoms with Gasteiger partial charge in [0, 0.05) is 11.1 Å². The minimum atomic E-state index is 0.115. The molecule has 1 aromatic heterocycles. The first-order chi connectivity index (χ1) is 18.1. The van der Waals surface area contributed by atoms with Gasteiger partial charge in [0.1, 0.15) is 0 Å². The van der Waals surface area contributed by atoms with Gasteiger partial charge < -0.3 is 4.42 Å². The number of hydrogen-bond acceptors (Lipinski definition) is 2. The Morgan fingerprint density at radius 3 is 1.61 bits per heavy atom. The van der Waals surface area contributed by atoms with Gasteiger partial charge in [0.2, 0.25) is 12.6 Å². The number of oxazole rings is 1. The zero-order valence-corrected chi connectivity index (χ0v) is 23.9. The number of aromatic nitrogens is 1. The van der Waals surface area contributed by atoms with Gasteiger partial charge >= 0.3 is 0 Å². The molecule has 0 saturated carbocycles. The molecule has 0 fully saturated rings. The van der Waals surface area contributed by atoms with E-state index in [0.717, 1.165) is 16.9 Å². The van der Waals surface area contributed by atoms with E-state index in [1.54, 1.807) is 0 Å². The van der Waals surface area contributed by atoms with Gasteiger partial charge in [0.25, 0.3) is 0 Å². The maximum atomic E-state index is 6.38. The van der Waals surface area contributed by atoms with Crippen molar-refractivity contribution in [2.24, 2.45) is 0 Å². The van der Waals surface area contributed by atoms with Gasteiger partial charge in [-0.3, -0.25) is 0 Å². The minimum Gasteiger partial charge on any atom is -0.436 e. The lowest BCUT2D eigenvalue weighted by molar-refractivity contribution is 0.588.